The van der Waals surface area contributed by atoms with Gasteiger partial charge in [-0.15, -0.1) is 0 Å². The maximum absolute atomic E-state index is 13.4. The first-order valence-electron chi connectivity index (χ1n) is 5.09. The lowest BCUT2D eigenvalue weighted by Gasteiger charge is -2.08. The van der Waals surface area contributed by atoms with Crippen molar-refractivity contribution in [2.75, 3.05) is 5.32 Å². The molecule has 0 saturated carbocycles. The van der Waals surface area contributed by atoms with E-state index in [1.807, 2.05) is 0 Å². The number of benzene rings is 2. The smallest absolute Gasteiger partial charge is 0.256 e. The number of anilines is 1. The molecule has 0 aromatic heterocycles. The number of halogens is 3. The normalized spacial score (nSPS) is 10.2. The number of carbonyl (C=O) groups excluding carboxylic acids is 1. The van der Waals surface area contributed by atoms with Gasteiger partial charge in [0.2, 0.25) is 0 Å². The van der Waals surface area contributed by atoms with Crippen molar-refractivity contribution >= 4 is 27.5 Å². The van der Waals surface area contributed by atoms with Gasteiger partial charge in [0, 0.05) is 4.47 Å². The van der Waals surface area contributed by atoms with Crippen molar-refractivity contribution in [1.82, 2.24) is 0 Å². The SMILES string of the molecule is O=C(Nc1c(F)cccc1F)c1ccccc1Br. The molecule has 2 aromatic carbocycles. The molecule has 0 bridgehead atoms. The summed E-state index contributed by atoms with van der Waals surface area (Å²) in [7, 11) is 0. The highest BCUT2D eigenvalue weighted by Gasteiger charge is 2.14. The molecule has 0 saturated heterocycles. The van der Waals surface area contributed by atoms with Crippen molar-refractivity contribution in [2.24, 2.45) is 0 Å². The molecule has 0 spiro atoms. The zero-order valence-corrected chi connectivity index (χ0v) is 10.7. The Kier molecular flexibility index (Phi) is 3.72. The molecule has 1 amide bonds. The number of para-hydroxylation sites is 1. The maximum Gasteiger partial charge on any atom is 0.256 e. The maximum atomic E-state index is 13.4. The van der Waals surface area contributed by atoms with E-state index in [1.165, 1.54) is 6.07 Å². The van der Waals surface area contributed by atoms with E-state index in [9.17, 15) is 13.6 Å². The van der Waals surface area contributed by atoms with E-state index >= 15 is 0 Å². The minimum Gasteiger partial charge on any atom is -0.317 e. The summed E-state index contributed by atoms with van der Waals surface area (Å²) < 4.78 is 27.3. The first-order chi connectivity index (χ1) is 8.59. The molecule has 2 rings (SSSR count). The fraction of sp³-hybridized carbons (Fsp3) is 0. The molecule has 5 heteroatoms. The van der Waals surface area contributed by atoms with Gasteiger partial charge in [-0.05, 0) is 40.2 Å². The van der Waals surface area contributed by atoms with Gasteiger partial charge in [-0.1, -0.05) is 18.2 Å². The number of hydrogen-bond acceptors (Lipinski definition) is 1. The van der Waals surface area contributed by atoms with E-state index in [-0.39, 0.29) is 0 Å². The molecule has 0 aliphatic rings. The largest absolute Gasteiger partial charge is 0.317 e. The second kappa shape index (κ2) is 5.27. The number of hydrogen-bond donors (Lipinski definition) is 1. The van der Waals surface area contributed by atoms with Gasteiger partial charge in [-0.3, -0.25) is 4.79 Å². The minimum atomic E-state index is -0.810. The molecule has 2 aromatic rings. The van der Waals surface area contributed by atoms with Crippen molar-refractivity contribution in [3.05, 3.63) is 64.1 Å². The monoisotopic (exact) mass is 311 g/mol. The minimum absolute atomic E-state index is 0.306. The first-order valence-corrected chi connectivity index (χ1v) is 5.89. The summed E-state index contributed by atoms with van der Waals surface area (Å²) >= 11 is 3.20. The summed E-state index contributed by atoms with van der Waals surface area (Å²) in [5.74, 6) is -2.20. The number of amides is 1. The summed E-state index contributed by atoms with van der Waals surface area (Å²) in [5, 5.41) is 2.22. The highest BCUT2D eigenvalue weighted by molar-refractivity contribution is 9.10. The third kappa shape index (κ3) is 2.56. The summed E-state index contributed by atoms with van der Waals surface area (Å²) in [5.41, 5.74) is -0.140. The van der Waals surface area contributed by atoms with Gasteiger partial charge < -0.3 is 5.32 Å². The Morgan fingerprint density at radius 2 is 1.61 bits per heavy atom. The average molecular weight is 312 g/mol. The van der Waals surface area contributed by atoms with Crippen molar-refractivity contribution < 1.29 is 13.6 Å². The first kappa shape index (κ1) is 12.7. The van der Waals surface area contributed by atoms with Gasteiger partial charge in [0.15, 0.2) is 0 Å². The Labute approximate surface area is 111 Å². The lowest BCUT2D eigenvalue weighted by molar-refractivity contribution is 0.102. The lowest BCUT2D eigenvalue weighted by Crippen LogP contribution is -2.14. The molecule has 0 fully saturated rings. The van der Waals surface area contributed by atoms with Crippen LogP contribution in [0, 0.1) is 11.6 Å². The van der Waals surface area contributed by atoms with Gasteiger partial charge in [-0.25, -0.2) is 8.78 Å². The van der Waals surface area contributed by atoms with Crippen molar-refractivity contribution in [3.8, 4) is 0 Å². The van der Waals surface area contributed by atoms with Crippen LogP contribution in [0.15, 0.2) is 46.9 Å². The highest BCUT2D eigenvalue weighted by atomic mass is 79.9. The average Bonchev–Trinajstić information content (AvgIpc) is 2.34. The number of nitrogens with one attached hydrogen (secondary N) is 1. The van der Waals surface area contributed by atoms with Crippen LogP contribution in [0.2, 0.25) is 0 Å². The molecule has 0 radical (unpaired) electrons. The summed E-state index contributed by atoms with van der Waals surface area (Å²) in [6.07, 6.45) is 0. The summed E-state index contributed by atoms with van der Waals surface area (Å²) in [6.45, 7) is 0. The standard InChI is InChI=1S/C13H8BrF2NO/c14-9-5-2-1-4-8(9)13(18)17-12-10(15)6-3-7-11(12)16/h1-7H,(H,17,18). The van der Waals surface area contributed by atoms with E-state index < -0.39 is 23.2 Å². The molecule has 18 heavy (non-hydrogen) atoms. The van der Waals surface area contributed by atoms with Gasteiger partial charge in [0.25, 0.3) is 5.91 Å². The molecule has 0 heterocycles. The number of rotatable bonds is 2. The van der Waals surface area contributed by atoms with Crippen LogP contribution in [0.4, 0.5) is 14.5 Å². The fourth-order valence-corrected chi connectivity index (χ4v) is 1.91. The molecular weight excluding hydrogens is 304 g/mol. The highest BCUT2D eigenvalue weighted by Crippen LogP contribution is 2.21. The van der Waals surface area contributed by atoms with Crippen molar-refractivity contribution in [1.29, 1.82) is 0 Å². The molecule has 92 valence electrons. The Balaban J connectivity index is 2.30. The van der Waals surface area contributed by atoms with Crippen LogP contribution in [0.3, 0.4) is 0 Å². The predicted molar refractivity (Wildman–Crippen MR) is 68.5 cm³/mol. The topological polar surface area (TPSA) is 29.1 Å². The zero-order chi connectivity index (χ0) is 13.1. The lowest BCUT2D eigenvalue weighted by atomic mass is 10.2. The van der Waals surface area contributed by atoms with E-state index in [0.717, 1.165) is 12.1 Å². The van der Waals surface area contributed by atoms with E-state index in [2.05, 4.69) is 21.2 Å². The van der Waals surface area contributed by atoms with Crippen LogP contribution in [-0.4, -0.2) is 5.91 Å². The Hall–Kier alpha value is -1.75. The third-order valence-corrected chi connectivity index (χ3v) is 3.01. The third-order valence-electron chi connectivity index (χ3n) is 2.32. The molecule has 0 unspecified atom stereocenters. The molecule has 1 N–H and O–H groups in total. The molecule has 0 aliphatic heterocycles. The Morgan fingerprint density at radius 3 is 2.22 bits per heavy atom. The summed E-state index contributed by atoms with van der Waals surface area (Å²) in [6, 6.07) is 10.0. The second-order valence-electron chi connectivity index (χ2n) is 3.53. The predicted octanol–water partition coefficient (Wildman–Crippen LogP) is 3.98. The Bertz CT molecular complexity index is 581. The van der Waals surface area contributed by atoms with Gasteiger partial charge in [0.05, 0.1) is 5.56 Å². The summed E-state index contributed by atoms with van der Waals surface area (Å²) in [4.78, 5) is 11.9. The fourth-order valence-electron chi connectivity index (χ4n) is 1.44. The molecule has 2 nitrogen and oxygen atoms in total. The second-order valence-corrected chi connectivity index (χ2v) is 4.38. The van der Waals surface area contributed by atoms with Gasteiger partial charge >= 0.3 is 0 Å². The van der Waals surface area contributed by atoms with Crippen LogP contribution in [0.5, 0.6) is 0 Å². The van der Waals surface area contributed by atoms with E-state index in [4.69, 9.17) is 0 Å². The van der Waals surface area contributed by atoms with Gasteiger partial charge in [0.1, 0.15) is 17.3 Å². The van der Waals surface area contributed by atoms with Crippen LogP contribution in [0.25, 0.3) is 0 Å². The Morgan fingerprint density at radius 1 is 1.00 bits per heavy atom. The number of carbonyl (C=O) groups is 1. The quantitative estimate of drug-likeness (QED) is 0.893. The van der Waals surface area contributed by atoms with Gasteiger partial charge in [-0.2, -0.15) is 0 Å². The van der Waals surface area contributed by atoms with Crippen LogP contribution in [0.1, 0.15) is 10.4 Å². The van der Waals surface area contributed by atoms with Crippen molar-refractivity contribution in [3.63, 3.8) is 0 Å². The van der Waals surface area contributed by atoms with Crippen LogP contribution >= 0.6 is 15.9 Å². The molecular formula is C13H8BrF2NO. The van der Waals surface area contributed by atoms with Crippen LogP contribution < -0.4 is 5.32 Å². The molecule has 0 atom stereocenters. The van der Waals surface area contributed by atoms with E-state index in [0.29, 0.717) is 10.0 Å². The van der Waals surface area contributed by atoms with Crippen molar-refractivity contribution in [2.45, 2.75) is 0 Å². The molecule has 0 aliphatic carbocycles. The van der Waals surface area contributed by atoms with E-state index in [1.54, 1.807) is 24.3 Å². The zero-order valence-electron chi connectivity index (χ0n) is 9.08. The van der Waals surface area contributed by atoms with Crippen LogP contribution in [-0.2, 0) is 0 Å².